The molecule has 1 aliphatic heterocycles. The molecule has 0 fully saturated rings. The summed E-state index contributed by atoms with van der Waals surface area (Å²) in [4.78, 5) is 40.1. The Morgan fingerprint density at radius 1 is 1.16 bits per heavy atom. The van der Waals surface area contributed by atoms with Crippen LogP contribution in [-0.4, -0.2) is 24.9 Å². The van der Waals surface area contributed by atoms with Crippen molar-refractivity contribution in [2.45, 2.75) is 17.1 Å². The number of fused-ring (bicyclic) bond motifs is 1. The molecule has 4 rings (SSSR count). The van der Waals surface area contributed by atoms with Crippen molar-refractivity contribution >= 4 is 69.8 Å². The quantitative estimate of drug-likeness (QED) is 0.254. The SMILES string of the molecule is COC(=O)c1scc2c1C(=O)N(c1cccc(SCc3c(Cl)cccc3Cl)c1)C(=O)C2. The van der Waals surface area contributed by atoms with Crippen LogP contribution in [0, 0.1) is 0 Å². The Balaban J connectivity index is 1.62. The summed E-state index contributed by atoms with van der Waals surface area (Å²) in [5, 5.41) is 2.82. The monoisotopic (exact) mass is 491 g/mol. The minimum atomic E-state index is -0.588. The maximum absolute atomic E-state index is 13.2. The number of imide groups is 1. The smallest absolute Gasteiger partial charge is 0.348 e. The molecule has 2 amide bonds. The van der Waals surface area contributed by atoms with E-state index in [1.165, 1.54) is 18.9 Å². The maximum atomic E-state index is 13.2. The van der Waals surface area contributed by atoms with Crippen LogP contribution in [0.5, 0.6) is 0 Å². The second-order valence-corrected chi connectivity index (χ2v) is 9.40. The summed E-state index contributed by atoms with van der Waals surface area (Å²) in [6, 6.07) is 12.5. The number of carbonyl (C=O) groups is 3. The summed E-state index contributed by atoms with van der Waals surface area (Å²) >= 11 is 15.1. The number of amides is 2. The first-order valence-electron chi connectivity index (χ1n) is 9.12. The highest BCUT2D eigenvalue weighted by Crippen LogP contribution is 2.35. The van der Waals surface area contributed by atoms with Crippen LogP contribution in [0.3, 0.4) is 0 Å². The summed E-state index contributed by atoms with van der Waals surface area (Å²) in [6.45, 7) is 0. The average Bonchev–Trinajstić information content (AvgIpc) is 3.17. The van der Waals surface area contributed by atoms with Gasteiger partial charge in [-0.3, -0.25) is 9.59 Å². The van der Waals surface area contributed by atoms with Crippen LogP contribution in [0.15, 0.2) is 52.7 Å². The second kappa shape index (κ2) is 9.04. The van der Waals surface area contributed by atoms with Crippen LogP contribution < -0.4 is 4.90 Å². The maximum Gasteiger partial charge on any atom is 0.348 e. The van der Waals surface area contributed by atoms with Crippen molar-refractivity contribution < 1.29 is 19.1 Å². The zero-order valence-electron chi connectivity index (χ0n) is 16.2. The topological polar surface area (TPSA) is 63.7 Å². The first-order chi connectivity index (χ1) is 14.9. The van der Waals surface area contributed by atoms with E-state index in [-0.39, 0.29) is 22.8 Å². The Hall–Kier alpha value is -2.32. The van der Waals surface area contributed by atoms with Crippen LogP contribution in [0.4, 0.5) is 5.69 Å². The molecule has 9 heteroatoms. The standard InChI is InChI=1S/C22H15Cl2NO4S2/c1-29-22(28)20-19-12(10-31-20)8-18(26)25(21(19)27)13-4-2-5-14(9-13)30-11-15-16(23)6-3-7-17(15)24/h2-7,9-10H,8,11H2,1H3. The molecule has 0 spiro atoms. The minimum absolute atomic E-state index is 0.0428. The molecule has 0 saturated heterocycles. The lowest BCUT2D eigenvalue weighted by molar-refractivity contribution is -0.117. The van der Waals surface area contributed by atoms with Gasteiger partial charge in [0.2, 0.25) is 5.91 Å². The lowest BCUT2D eigenvalue weighted by atomic mass is 10.0. The van der Waals surface area contributed by atoms with E-state index in [1.54, 1.807) is 41.8 Å². The molecular formula is C22H15Cl2NO4S2. The third kappa shape index (κ3) is 4.23. The molecule has 2 aromatic carbocycles. The molecule has 0 saturated carbocycles. The molecule has 0 bridgehead atoms. The number of ether oxygens (including phenoxy) is 1. The summed E-state index contributed by atoms with van der Waals surface area (Å²) < 4.78 is 4.78. The average molecular weight is 492 g/mol. The molecule has 3 aromatic rings. The van der Waals surface area contributed by atoms with E-state index in [0.29, 0.717) is 27.0 Å². The zero-order chi connectivity index (χ0) is 22.1. The summed E-state index contributed by atoms with van der Waals surface area (Å²) in [6.07, 6.45) is 0.0428. The van der Waals surface area contributed by atoms with Gasteiger partial charge >= 0.3 is 5.97 Å². The first-order valence-corrected chi connectivity index (χ1v) is 11.7. The largest absolute Gasteiger partial charge is 0.465 e. The molecule has 1 aliphatic rings. The van der Waals surface area contributed by atoms with Gasteiger partial charge in [0.1, 0.15) is 4.88 Å². The van der Waals surface area contributed by atoms with Crippen LogP contribution >= 0.6 is 46.3 Å². The first kappa shape index (κ1) is 21.9. The Labute approximate surface area is 196 Å². The number of hydrogen-bond acceptors (Lipinski definition) is 6. The number of anilines is 1. The van der Waals surface area contributed by atoms with Gasteiger partial charge in [-0.25, -0.2) is 9.69 Å². The molecule has 0 unspecified atom stereocenters. The fourth-order valence-electron chi connectivity index (χ4n) is 3.27. The highest BCUT2D eigenvalue weighted by molar-refractivity contribution is 7.98. The minimum Gasteiger partial charge on any atom is -0.465 e. The fraction of sp³-hybridized carbons (Fsp3) is 0.136. The molecular weight excluding hydrogens is 477 g/mol. The normalized spacial score (nSPS) is 13.3. The summed E-state index contributed by atoms with van der Waals surface area (Å²) in [5.74, 6) is -0.924. The van der Waals surface area contributed by atoms with E-state index < -0.39 is 11.9 Å². The summed E-state index contributed by atoms with van der Waals surface area (Å²) in [5.41, 5.74) is 2.04. The number of benzene rings is 2. The van der Waals surface area contributed by atoms with Crippen LogP contribution in [0.2, 0.25) is 10.0 Å². The number of halogens is 2. The van der Waals surface area contributed by atoms with E-state index >= 15 is 0 Å². The van der Waals surface area contributed by atoms with Gasteiger partial charge in [0.05, 0.1) is 24.8 Å². The highest BCUT2D eigenvalue weighted by Gasteiger charge is 2.37. The lowest BCUT2D eigenvalue weighted by Crippen LogP contribution is -2.42. The second-order valence-electron chi connectivity index (χ2n) is 6.65. The number of hydrogen-bond donors (Lipinski definition) is 0. The van der Waals surface area contributed by atoms with Crippen LogP contribution in [0.25, 0.3) is 0 Å². The molecule has 1 aromatic heterocycles. The van der Waals surface area contributed by atoms with Crippen molar-refractivity contribution in [2.75, 3.05) is 12.0 Å². The predicted molar refractivity (Wildman–Crippen MR) is 124 cm³/mol. The van der Waals surface area contributed by atoms with Crippen molar-refractivity contribution in [3.63, 3.8) is 0 Å². The number of thioether (sulfide) groups is 1. The molecule has 0 aliphatic carbocycles. The molecule has 5 nitrogen and oxygen atoms in total. The van der Waals surface area contributed by atoms with Gasteiger partial charge in [-0.1, -0.05) is 35.3 Å². The van der Waals surface area contributed by atoms with Crippen molar-refractivity contribution in [3.8, 4) is 0 Å². The lowest BCUT2D eigenvalue weighted by Gasteiger charge is -2.26. The number of methoxy groups -OCH3 is 1. The zero-order valence-corrected chi connectivity index (χ0v) is 19.3. The van der Waals surface area contributed by atoms with E-state index in [2.05, 4.69) is 0 Å². The van der Waals surface area contributed by atoms with E-state index in [9.17, 15) is 14.4 Å². The summed E-state index contributed by atoms with van der Waals surface area (Å²) in [7, 11) is 1.26. The highest BCUT2D eigenvalue weighted by atomic mass is 35.5. The number of nitrogens with zero attached hydrogens (tertiary/aromatic N) is 1. The predicted octanol–water partition coefficient (Wildman–Crippen LogP) is 5.86. The third-order valence-electron chi connectivity index (χ3n) is 4.77. The molecule has 0 atom stereocenters. The molecule has 0 N–H and O–H groups in total. The molecule has 2 heterocycles. The van der Waals surface area contributed by atoms with Crippen LogP contribution in [0.1, 0.15) is 31.2 Å². The molecule has 0 radical (unpaired) electrons. The van der Waals surface area contributed by atoms with E-state index in [4.69, 9.17) is 27.9 Å². The fourth-order valence-corrected chi connectivity index (χ4v) is 5.94. The van der Waals surface area contributed by atoms with Gasteiger partial charge in [-0.2, -0.15) is 0 Å². The Bertz CT molecular complexity index is 1190. The van der Waals surface area contributed by atoms with Crippen molar-refractivity contribution in [1.82, 2.24) is 0 Å². The van der Waals surface area contributed by atoms with Crippen LogP contribution in [-0.2, 0) is 21.7 Å². The van der Waals surface area contributed by atoms with Gasteiger partial charge < -0.3 is 4.74 Å². The van der Waals surface area contributed by atoms with Gasteiger partial charge in [-0.15, -0.1) is 23.1 Å². The van der Waals surface area contributed by atoms with Gasteiger partial charge in [0.15, 0.2) is 0 Å². The number of rotatable bonds is 5. The molecule has 31 heavy (non-hydrogen) atoms. The Kier molecular flexibility index (Phi) is 6.39. The number of esters is 1. The number of thiophene rings is 1. The van der Waals surface area contributed by atoms with Gasteiger partial charge in [-0.05, 0) is 46.8 Å². The third-order valence-corrected chi connectivity index (χ3v) is 7.50. The Morgan fingerprint density at radius 3 is 2.58 bits per heavy atom. The Morgan fingerprint density at radius 2 is 1.87 bits per heavy atom. The van der Waals surface area contributed by atoms with E-state index in [0.717, 1.165) is 26.7 Å². The molecule has 158 valence electrons. The van der Waals surface area contributed by atoms with Crippen molar-refractivity contribution in [1.29, 1.82) is 0 Å². The van der Waals surface area contributed by atoms with E-state index in [1.807, 2.05) is 6.07 Å². The van der Waals surface area contributed by atoms with Gasteiger partial charge in [0.25, 0.3) is 5.91 Å². The van der Waals surface area contributed by atoms with Crippen molar-refractivity contribution in [3.05, 3.63) is 79.5 Å². The number of carbonyl (C=O) groups excluding carboxylic acids is 3. The van der Waals surface area contributed by atoms with Gasteiger partial charge in [0, 0.05) is 20.7 Å². The van der Waals surface area contributed by atoms with Crippen molar-refractivity contribution in [2.24, 2.45) is 0 Å².